The van der Waals surface area contributed by atoms with Crippen molar-refractivity contribution in [3.63, 3.8) is 0 Å². The van der Waals surface area contributed by atoms with Crippen LogP contribution in [0.15, 0.2) is 18.7 Å². The first-order chi connectivity index (χ1) is 7.63. The van der Waals surface area contributed by atoms with Crippen molar-refractivity contribution in [1.29, 1.82) is 0 Å². The molecule has 0 amide bonds. The molecule has 18 heavy (non-hydrogen) atoms. The molecule has 1 aromatic rings. The number of imidazole rings is 1. The molecule has 0 unspecified atom stereocenters. The van der Waals surface area contributed by atoms with E-state index in [9.17, 15) is 30.0 Å². The number of hydrogen-bond donors (Lipinski definition) is 1. The number of rotatable bonds is 3. The van der Waals surface area contributed by atoms with Crippen LogP contribution < -0.4 is 4.57 Å². The van der Waals surface area contributed by atoms with E-state index in [1.165, 1.54) is 0 Å². The average molecular weight is 300 g/mol. The van der Waals surface area contributed by atoms with E-state index in [0.717, 1.165) is 0 Å². The van der Waals surface area contributed by atoms with Gasteiger partial charge in [-0.05, 0) is 0 Å². The van der Waals surface area contributed by atoms with Crippen molar-refractivity contribution in [2.24, 2.45) is 7.05 Å². The summed E-state index contributed by atoms with van der Waals surface area (Å²) in [5, 5.41) is 8.36. The molecule has 1 heterocycles. The maximum absolute atomic E-state index is 10.7. The fourth-order valence-corrected chi connectivity index (χ4v) is 0.859. The van der Waals surface area contributed by atoms with Crippen LogP contribution in [0.2, 0.25) is 0 Å². The van der Waals surface area contributed by atoms with Crippen molar-refractivity contribution in [3.8, 4) is 0 Å². The second-order valence-electron chi connectivity index (χ2n) is 3.42. The first kappa shape index (κ1) is 16.7. The number of halogens is 6. The summed E-state index contributed by atoms with van der Waals surface area (Å²) in [7, 11) is -8.76. The molecule has 1 N–H and O–H groups in total. The molecule has 4 nitrogen and oxygen atoms in total. The second kappa shape index (κ2) is 4.42. The molecule has 108 valence electrons. The Bertz CT molecular complexity index is 414. The van der Waals surface area contributed by atoms with Crippen molar-refractivity contribution >= 4 is 13.8 Å². The Morgan fingerprint density at radius 1 is 1.28 bits per heavy atom. The maximum atomic E-state index is 10.2. The van der Waals surface area contributed by atoms with Gasteiger partial charge in [-0.1, -0.05) is 0 Å². The summed E-state index contributed by atoms with van der Waals surface area (Å²) in [4.78, 5) is 10.2. The number of carbonyl (C=O) groups is 1. The first-order valence-electron chi connectivity index (χ1n) is 4.43. The number of carboxylic acid groups (broad SMARTS) is 1. The zero-order valence-corrected chi connectivity index (χ0v) is 10.0. The van der Waals surface area contributed by atoms with Crippen LogP contribution >= 0.6 is 7.81 Å². The molecule has 0 saturated heterocycles. The topological polar surface area (TPSA) is 46.1 Å². The van der Waals surface area contributed by atoms with E-state index in [-0.39, 0.29) is 6.42 Å². The number of aryl methyl sites for hydroxylation is 2. The summed E-state index contributed by atoms with van der Waals surface area (Å²) in [6.45, 7) is 0.538. The minimum atomic E-state index is -10.7. The molecule has 0 aromatic carbocycles. The van der Waals surface area contributed by atoms with Gasteiger partial charge in [0.15, 0.2) is 0 Å². The normalized spacial score (nSPS) is 15.1. The summed E-state index contributed by atoms with van der Waals surface area (Å²) >= 11 is 0. The number of nitrogens with zero attached hydrogens (tertiary/aromatic N) is 2. The molecule has 1 rings (SSSR count). The molecule has 11 heteroatoms. The molecule has 0 spiro atoms. The molecule has 0 fully saturated rings. The van der Waals surface area contributed by atoms with Crippen molar-refractivity contribution < 1.29 is 39.6 Å². The third-order valence-electron chi connectivity index (χ3n) is 1.41. The third-order valence-corrected chi connectivity index (χ3v) is 1.41. The van der Waals surface area contributed by atoms with Gasteiger partial charge in [-0.2, -0.15) is 0 Å². The van der Waals surface area contributed by atoms with Crippen LogP contribution in [-0.2, 0) is 18.4 Å². The Morgan fingerprint density at radius 3 is 2.00 bits per heavy atom. The number of hydrogen-bond acceptors (Lipinski definition) is 1. The van der Waals surface area contributed by atoms with Crippen LogP contribution in [0.4, 0.5) is 25.2 Å². The predicted molar refractivity (Wildman–Crippen MR) is 51.4 cm³/mol. The second-order valence-corrected chi connectivity index (χ2v) is 5.34. The van der Waals surface area contributed by atoms with Crippen LogP contribution in [0, 0.1) is 0 Å². The van der Waals surface area contributed by atoms with Crippen molar-refractivity contribution in [2.75, 3.05) is 0 Å². The molecular formula is C7H11F6N2O2P. The van der Waals surface area contributed by atoms with Gasteiger partial charge in [0.25, 0.3) is 0 Å². The van der Waals surface area contributed by atoms with Crippen LogP contribution in [0.1, 0.15) is 6.42 Å². The molecule has 0 saturated carbocycles. The Morgan fingerprint density at radius 2 is 1.72 bits per heavy atom. The average Bonchev–Trinajstić information content (AvgIpc) is 2.42. The summed E-state index contributed by atoms with van der Waals surface area (Å²) in [5.74, 6) is -0.763. The standard InChI is InChI=1S/C7H10N2O2.F6P/c1-8-4-5-9(6-8)3-2-7(10)11;1-7(2,3,4,5)6/h4-6H,2-3H2,1H3;/q;-1/p+1. The van der Waals surface area contributed by atoms with E-state index in [4.69, 9.17) is 5.11 Å². The van der Waals surface area contributed by atoms with Gasteiger partial charge in [-0.15, -0.1) is 0 Å². The molecule has 0 radical (unpaired) electrons. The summed E-state index contributed by atoms with van der Waals surface area (Å²) in [6.07, 6.45) is 5.75. The molecule has 0 aliphatic heterocycles. The quantitative estimate of drug-likeness (QED) is 0.529. The van der Waals surface area contributed by atoms with Crippen molar-refractivity contribution in [2.45, 2.75) is 13.0 Å². The molecular weight excluding hydrogens is 289 g/mol. The molecule has 0 aliphatic carbocycles. The van der Waals surface area contributed by atoms with Crippen LogP contribution in [0.25, 0.3) is 0 Å². The molecule has 0 aliphatic rings. The summed E-state index contributed by atoms with van der Waals surface area (Å²) in [5.41, 5.74) is 0. The third kappa shape index (κ3) is 17.1. The SMILES string of the molecule is C[n+]1ccn(CCC(=O)O)c1.F[P-](F)(F)(F)(F)F. The van der Waals surface area contributed by atoms with Gasteiger partial charge in [0, 0.05) is 0 Å². The monoisotopic (exact) mass is 300 g/mol. The van der Waals surface area contributed by atoms with Gasteiger partial charge in [0.1, 0.15) is 18.9 Å². The van der Waals surface area contributed by atoms with E-state index < -0.39 is 13.8 Å². The Kier molecular flexibility index (Phi) is 4.09. The zero-order valence-electron chi connectivity index (χ0n) is 9.11. The van der Waals surface area contributed by atoms with Gasteiger partial charge in [0.05, 0.1) is 13.5 Å². The van der Waals surface area contributed by atoms with Crippen molar-refractivity contribution in [3.05, 3.63) is 18.7 Å². The van der Waals surface area contributed by atoms with E-state index in [2.05, 4.69) is 0 Å². The van der Waals surface area contributed by atoms with Crippen LogP contribution in [0.5, 0.6) is 0 Å². The van der Waals surface area contributed by atoms with E-state index in [1.54, 1.807) is 0 Å². The summed E-state index contributed by atoms with van der Waals surface area (Å²) < 4.78 is 62.9. The summed E-state index contributed by atoms with van der Waals surface area (Å²) in [6, 6.07) is 0. The fourth-order valence-electron chi connectivity index (χ4n) is 0.859. The Balaban J connectivity index is 0.000000360. The Hall–Kier alpha value is -1.31. The van der Waals surface area contributed by atoms with Crippen LogP contribution in [0.3, 0.4) is 0 Å². The number of carboxylic acids is 1. The van der Waals surface area contributed by atoms with Gasteiger partial charge < -0.3 is 5.11 Å². The van der Waals surface area contributed by atoms with Crippen LogP contribution in [-0.4, -0.2) is 15.6 Å². The zero-order chi connectivity index (χ0) is 14.7. The molecule has 1 aromatic heterocycles. The van der Waals surface area contributed by atoms with Crippen molar-refractivity contribution in [1.82, 2.24) is 4.57 Å². The number of aliphatic carboxylic acids is 1. The minimum absolute atomic E-state index is 0.175. The molecule has 0 atom stereocenters. The predicted octanol–water partition coefficient (Wildman–Crippen LogP) is 3.17. The Labute approximate surface area is 97.7 Å². The van der Waals surface area contributed by atoms with E-state index in [1.807, 2.05) is 34.9 Å². The van der Waals surface area contributed by atoms with E-state index in [0.29, 0.717) is 6.54 Å². The molecule has 0 bridgehead atoms. The van der Waals surface area contributed by atoms with Gasteiger partial charge in [-0.3, -0.25) is 4.79 Å². The first-order valence-corrected chi connectivity index (χ1v) is 6.45. The van der Waals surface area contributed by atoms with Gasteiger partial charge in [-0.25, -0.2) is 9.13 Å². The fraction of sp³-hybridized carbons (Fsp3) is 0.429. The van der Waals surface area contributed by atoms with E-state index >= 15 is 0 Å². The number of aromatic nitrogens is 2. The van der Waals surface area contributed by atoms with Gasteiger partial charge >= 0.3 is 39.0 Å². The van der Waals surface area contributed by atoms with Gasteiger partial charge in [0.2, 0.25) is 6.33 Å².